The van der Waals surface area contributed by atoms with Crippen molar-refractivity contribution in [3.8, 4) is 5.75 Å². The van der Waals surface area contributed by atoms with E-state index in [-0.39, 0.29) is 17.3 Å². The van der Waals surface area contributed by atoms with E-state index in [0.29, 0.717) is 0 Å². The zero-order chi connectivity index (χ0) is 16.8. The summed E-state index contributed by atoms with van der Waals surface area (Å²) < 4.78 is 34.3. The Morgan fingerprint density at radius 3 is 2.32 bits per heavy atom. The summed E-state index contributed by atoms with van der Waals surface area (Å²) in [7, 11) is -4.02. The molecule has 1 aromatic heterocycles. The van der Waals surface area contributed by atoms with Crippen LogP contribution in [0.1, 0.15) is 11.3 Å². The van der Waals surface area contributed by atoms with Crippen molar-refractivity contribution in [3.05, 3.63) is 58.1 Å². The van der Waals surface area contributed by atoms with E-state index < -0.39 is 21.3 Å². The highest BCUT2D eigenvalue weighted by Gasteiger charge is 2.06. The predicted molar refractivity (Wildman–Crippen MR) is 76.6 cm³/mol. The van der Waals surface area contributed by atoms with Gasteiger partial charge in [0, 0.05) is 6.07 Å². The van der Waals surface area contributed by atoms with E-state index in [1.165, 1.54) is 12.1 Å². The average Bonchev–Trinajstić information content (AvgIpc) is 2.43. The molecular formula is C13H15NO7S. The Morgan fingerprint density at radius 1 is 1.27 bits per heavy atom. The maximum Gasteiger partial charge on any atom is 0.294 e. The quantitative estimate of drug-likeness (QED) is 0.559. The van der Waals surface area contributed by atoms with E-state index in [2.05, 4.69) is 4.84 Å². The minimum atomic E-state index is -4.02. The van der Waals surface area contributed by atoms with Crippen LogP contribution in [-0.4, -0.2) is 18.1 Å². The van der Waals surface area contributed by atoms with E-state index in [1.54, 1.807) is 12.1 Å². The first-order chi connectivity index (χ1) is 10.2. The zero-order valence-corrected chi connectivity index (χ0v) is 12.4. The highest BCUT2D eigenvalue weighted by Crippen LogP contribution is 2.08. The van der Waals surface area contributed by atoms with Crippen LogP contribution in [-0.2, 0) is 21.6 Å². The molecule has 0 saturated heterocycles. The van der Waals surface area contributed by atoms with Gasteiger partial charge in [0.2, 0.25) is 5.43 Å². The molecular weight excluding hydrogens is 314 g/mol. The average molecular weight is 329 g/mol. The second-order valence-electron chi connectivity index (χ2n) is 4.19. The molecule has 0 radical (unpaired) electrons. The van der Waals surface area contributed by atoms with Crippen LogP contribution < -0.4 is 11.3 Å². The molecule has 0 aliphatic carbocycles. The second-order valence-corrected chi connectivity index (χ2v) is 5.62. The smallest absolute Gasteiger partial charge is 0.294 e. The van der Waals surface area contributed by atoms with Gasteiger partial charge in [0.25, 0.3) is 10.1 Å². The minimum absolute atomic E-state index is 0.00944. The molecule has 0 aliphatic heterocycles. The van der Waals surface area contributed by atoms with Crippen molar-refractivity contribution in [1.82, 2.24) is 0 Å². The van der Waals surface area contributed by atoms with Crippen LogP contribution in [0.4, 0.5) is 0 Å². The Kier molecular flexibility index (Phi) is 6.25. The molecule has 0 unspecified atom stereocenters. The van der Waals surface area contributed by atoms with Crippen molar-refractivity contribution in [2.24, 2.45) is 5.90 Å². The zero-order valence-electron chi connectivity index (χ0n) is 11.6. The molecule has 0 bridgehead atoms. The van der Waals surface area contributed by atoms with Gasteiger partial charge in [0.1, 0.15) is 18.6 Å². The van der Waals surface area contributed by atoms with Crippen LogP contribution in [0.15, 0.2) is 50.7 Å². The normalized spacial score (nSPS) is 10.7. The first-order valence-corrected chi connectivity index (χ1v) is 7.34. The fourth-order valence-electron chi connectivity index (χ4n) is 1.31. The summed E-state index contributed by atoms with van der Waals surface area (Å²) in [5.41, 5.74) is 0.445. The monoisotopic (exact) mass is 329 g/mol. The molecule has 2 rings (SSSR count). The van der Waals surface area contributed by atoms with Gasteiger partial charge in [-0.2, -0.15) is 8.42 Å². The van der Waals surface area contributed by atoms with Crippen molar-refractivity contribution >= 4 is 10.1 Å². The van der Waals surface area contributed by atoms with Gasteiger partial charge >= 0.3 is 0 Å². The minimum Gasteiger partial charge on any atom is -0.502 e. The molecule has 0 aliphatic rings. The standard InChI is InChI=1S/C7H8O3S.C6H7NO4/c1-6-2-4-7(5-3-6)11(8,9)10;7-11-2-4-1-5(8)6(9)3-10-4/h2-5H,1H3,(H,8,9,10);1,3,9H,2,7H2. The van der Waals surface area contributed by atoms with Crippen molar-refractivity contribution in [2.45, 2.75) is 18.4 Å². The molecule has 120 valence electrons. The largest absolute Gasteiger partial charge is 0.502 e. The third-order valence-corrected chi connectivity index (χ3v) is 3.28. The predicted octanol–water partition coefficient (Wildman–Crippen LogP) is 0.977. The topological polar surface area (TPSA) is 140 Å². The number of aryl methyl sites for hydroxylation is 1. The van der Waals surface area contributed by atoms with E-state index in [4.69, 9.17) is 20.0 Å². The molecule has 0 fully saturated rings. The lowest BCUT2D eigenvalue weighted by Gasteiger charge is -1.95. The van der Waals surface area contributed by atoms with Gasteiger partial charge in [-0.15, -0.1) is 0 Å². The molecule has 1 heterocycles. The summed E-state index contributed by atoms with van der Waals surface area (Å²) in [6.07, 6.45) is 0.941. The van der Waals surface area contributed by atoms with Crippen LogP contribution in [0.5, 0.6) is 5.75 Å². The third kappa shape index (κ3) is 5.66. The summed E-state index contributed by atoms with van der Waals surface area (Å²) in [4.78, 5) is 14.9. The first kappa shape index (κ1) is 17.9. The highest BCUT2D eigenvalue weighted by molar-refractivity contribution is 7.85. The van der Waals surface area contributed by atoms with E-state index in [0.717, 1.165) is 17.9 Å². The molecule has 0 spiro atoms. The molecule has 4 N–H and O–H groups in total. The van der Waals surface area contributed by atoms with Crippen LogP contribution in [0.2, 0.25) is 0 Å². The van der Waals surface area contributed by atoms with Gasteiger partial charge in [-0.3, -0.25) is 14.2 Å². The molecule has 9 heteroatoms. The van der Waals surface area contributed by atoms with Crippen LogP contribution in [0.3, 0.4) is 0 Å². The van der Waals surface area contributed by atoms with Crippen LogP contribution in [0, 0.1) is 6.92 Å². The molecule has 1 aromatic carbocycles. The molecule has 8 nitrogen and oxygen atoms in total. The van der Waals surface area contributed by atoms with Crippen molar-refractivity contribution in [1.29, 1.82) is 0 Å². The summed E-state index contributed by atoms with van der Waals surface area (Å²) in [5, 5.41) is 8.73. The number of rotatable bonds is 3. The molecule has 2 aromatic rings. The number of nitrogens with two attached hydrogens (primary N) is 1. The van der Waals surface area contributed by atoms with Gasteiger partial charge in [-0.25, -0.2) is 5.90 Å². The van der Waals surface area contributed by atoms with Gasteiger partial charge < -0.3 is 9.52 Å². The third-order valence-electron chi connectivity index (χ3n) is 2.41. The molecule has 0 saturated carbocycles. The van der Waals surface area contributed by atoms with Crippen LogP contribution >= 0.6 is 0 Å². The maximum absolute atomic E-state index is 10.7. The van der Waals surface area contributed by atoms with E-state index >= 15 is 0 Å². The van der Waals surface area contributed by atoms with Crippen molar-refractivity contribution in [3.63, 3.8) is 0 Å². The van der Waals surface area contributed by atoms with Gasteiger partial charge in [0.15, 0.2) is 5.75 Å². The second kappa shape index (κ2) is 7.71. The SMILES string of the molecule is Cc1ccc(S(=O)(=O)O)cc1.NOCc1cc(=O)c(O)co1. The number of aromatic hydroxyl groups is 1. The molecule has 22 heavy (non-hydrogen) atoms. The Balaban J connectivity index is 0.000000220. The fraction of sp³-hybridized carbons (Fsp3) is 0.154. The number of hydrogen-bond donors (Lipinski definition) is 3. The highest BCUT2D eigenvalue weighted by atomic mass is 32.2. The Labute approximate surface area is 126 Å². The summed E-state index contributed by atoms with van der Waals surface area (Å²) in [6.45, 7) is 1.85. The molecule has 0 atom stereocenters. The van der Waals surface area contributed by atoms with Crippen LogP contribution in [0.25, 0.3) is 0 Å². The number of hydrogen-bond acceptors (Lipinski definition) is 7. The van der Waals surface area contributed by atoms with Crippen molar-refractivity contribution < 1.29 is 27.3 Å². The van der Waals surface area contributed by atoms with Gasteiger partial charge in [-0.05, 0) is 19.1 Å². The Hall–Kier alpha value is -2.20. The Bertz CT molecular complexity index is 766. The molecule has 0 amide bonds. The van der Waals surface area contributed by atoms with Gasteiger partial charge in [-0.1, -0.05) is 17.7 Å². The van der Waals surface area contributed by atoms with Crippen molar-refractivity contribution in [2.75, 3.05) is 0 Å². The lowest BCUT2D eigenvalue weighted by Crippen LogP contribution is -2.04. The summed E-state index contributed by atoms with van der Waals surface area (Å²) in [5.74, 6) is 4.57. The summed E-state index contributed by atoms with van der Waals surface area (Å²) >= 11 is 0. The lowest BCUT2D eigenvalue weighted by atomic mass is 10.2. The summed E-state index contributed by atoms with van der Waals surface area (Å²) in [6, 6.07) is 7.10. The van der Waals surface area contributed by atoms with Gasteiger partial charge in [0.05, 0.1) is 4.90 Å². The van der Waals surface area contributed by atoms with E-state index in [1.807, 2.05) is 6.92 Å². The first-order valence-electron chi connectivity index (χ1n) is 5.90. The lowest BCUT2D eigenvalue weighted by molar-refractivity contribution is 0.107. The maximum atomic E-state index is 10.7. The Morgan fingerprint density at radius 2 is 1.86 bits per heavy atom. The van der Waals surface area contributed by atoms with E-state index in [9.17, 15) is 13.2 Å². The number of benzene rings is 1. The fourth-order valence-corrected chi connectivity index (χ4v) is 1.79.